The van der Waals surface area contributed by atoms with Crippen LogP contribution in [0.4, 0.5) is 0 Å². The second kappa shape index (κ2) is 6.27. The first-order chi connectivity index (χ1) is 10.4. The summed E-state index contributed by atoms with van der Waals surface area (Å²) in [6, 6.07) is 20.2. The van der Waals surface area contributed by atoms with Crippen LogP contribution in [-0.4, -0.2) is 9.78 Å². The molecule has 1 heterocycles. The highest BCUT2D eigenvalue weighted by Crippen LogP contribution is 2.19. The highest BCUT2D eigenvalue weighted by molar-refractivity contribution is 5.33. The van der Waals surface area contributed by atoms with Crippen molar-refractivity contribution in [1.82, 2.24) is 9.78 Å². The summed E-state index contributed by atoms with van der Waals surface area (Å²) in [4.78, 5) is 0. The van der Waals surface area contributed by atoms with Crippen LogP contribution in [0.1, 0.15) is 18.2 Å². The first-order valence-electron chi connectivity index (χ1n) is 7.17. The van der Waals surface area contributed by atoms with Gasteiger partial charge < -0.3 is 4.74 Å². The molecule has 0 aliphatic carbocycles. The van der Waals surface area contributed by atoms with Crippen LogP contribution in [0, 0.1) is 0 Å². The maximum atomic E-state index is 5.89. The van der Waals surface area contributed by atoms with Gasteiger partial charge in [-0.15, -0.1) is 0 Å². The second-order valence-corrected chi connectivity index (χ2v) is 4.84. The van der Waals surface area contributed by atoms with Crippen molar-refractivity contribution in [3.63, 3.8) is 0 Å². The number of aromatic nitrogens is 2. The zero-order chi connectivity index (χ0) is 14.5. The fourth-order valence-corrected chi connectivity index (χ4v) is 2.25. The van der Waals surface area contributed by atoms with E-state index in [-0.39, 0.29) is 0 Å². The minimum atomic E-state index is 0.483. The summed E-state index contributed by atoms with van der Waals surface area (Å²) in [6.45, 7) is 2.61. The Kier molecular flexibility index (Phi) is 4.01. The molecule has 0 unspecified atom stereocenters. The van der Waals surface area contributed by atoms with Crippen LogP contribution in [0.2, 0.25) is 0 Å². The number of nitrogens with zero attached hydrogens (tertiary/aromatic N) is 2. The lowest BCUT2D eigenvalue weighted by Crippen LogP contribution is -2.01. The van der Waals surface area contributed by atoms with Gasteiger partial charge in [0.15, 0.2) is 0 Å². The maximum absolute atomic E-state index is 5.89. The molecule has 0 fully saturated rings. The van der Waals surface area contributed by atoms with Crippen LogP contribution in [0.5, 0.6) is 5.75 Å². The summed E-state index contributed by atoms with van der Waals surface area (Å²) in [5, 5.41) is 4.54. The van der Waals surface area contributed by atoms with Crippen molar-refractivity contribution >= 4 is 0 Å². The molecule has 0 radical (unpaired) electrons. The topological polar surface area (TPSA) is 27.1 Å². The molecule has 0 saturated heterocycles. The average molecular weight is 278 g/mol. The van der Waals surface area contributed by atoms with Gasteiger partial charge >= 0.3 is 0 Å². The molecule has 1 aromatic heterocycles. The van der Waals surface area contributed by atoms with Crippen molar-refractivity contribution in [2.24, 2.45) is 0 Å². The van der Waals surface area contributed by atoms with Crippen molar-refractivity contribution in [3.05, 3.63) is 78.1 Å². The van der Waals surface area contributed by atoms with Gasteiger partial charge in [0.2, 0.25) is 0 Å². The van der Waals surface area contributed by atoms with Crippen molar-refractivity contribution in [3.8, 4) is 11.4 Å². The maximum Gasteiger partial charge on any atom is 0.132 e. The van der Waals surface area contributed by atoms with Crippen LogP contribution < -0.4 is 4.74 Å². The Bertz CT molecular complexity index is 704. The SMILES string of the molecule is CCc1ccccc1OCc1ccn(-c2ccccc2)n1. The summed E-state index contributed by atoms with van der Waals surface area (Å²) in [5.74, 6) is 0.939. The molecule has 106 valence electrons. The summed E-state index contributed by atoms with van der Waals surface area (Å²) in [7, 11) is 0. The predicted molar refractivity (Wildman–Crippen MR) is 83.7 cm³/mol. The quantitative estimate of drug-likeness (QED) is 0.705. The standard InChI is InChI=1S/C18H18N2O/c1-2-15-8-6-7-11-18(15)21-14-16-12-13-20(19-16)17-9-4-3-5-10-17/h3-13H,2,14H2,1H3. The molecular formula is C18H18N2O. The highest BCUT2D eigenvalue weighted by atomic mass is 16.5. The molecular weight excluding hydrogens is 260 g/mol. The molecule has 0 aliphatic rings. The van der Waals surface area contributed by atoms with Gasteiger partial charge in [0.1, 0.15) is 18.1 Å². The molecule has 0 amide bonds. The van der Waals surface area contributed by atoms with Crippen LogP contribution >= 0.6 is 0 Å². The predicted octanol–water partition coefficient (Wildman–Crippen LogP) is 4.01. The molecule has 3 aromatic rings. The zero-order valence-corrected chi connectivity index (χ0v) is 12.1. The van der Waals surface area contributed by atoms with Crippen LogP contribution in [0.3, 0.4) is 0 Å². The van der Waals surface area contributed by atoms with Crippen molar-refractivity contribution in [2.75, 3.05) is 0 Å². The summed E-state index contributed by atoms with van der Waals surface area (Å²) in [6.07, 6.45) is 2.92. The minimum absolute atomic E-state index is 0.483. The number of hydrogen-bond donors (Lipinski definition) is 0. The monoisotopic (exact) mass is 278 g/mol. The molecule has 0 bridgehead atoms. The number of aryl methyl sites for hydroxylation is 1. The molecule has 3 heteroatoms. The molecule has 0 saturated carbocycles. The zero-order valence-electron chi connectivity index (χ0n) is 12.1. The second-order valence-electron chi connectivity index (χ2n) is 4.84. The van der Waals surface area contributed by atoms with Crippen molar-refractivity contribution < 1.29 is 4.74 Å². The van der Waals surface area contributed by atoms with Crippen LogP contribution in [0.25, 0.3) is 5.69 Å². The first-order valence-corrected chi connectivity index (χ1v) is 7.17. The third-order valence-electron chi connectivity index (χ3n) is 3.39. The lowest BCUT2D eigenvalue weighted by molar-refractivity contribution is 0.297. The molecule has 0 N–H and O–H groups in total. The number of ether oxygens (including phenoxy) is 1. The molecule has 2 aromatic carbocycles. The third-order valence-corrected chi connectivity index (χ3v) is 3.39. The van der Waals surface area contributed by atoms with E-state index in [9.17, 15) is 0 Å². The molecule has 21 heavy (non-hydrogen) atoms. The van der Waals surface area contributed by atoms with Crippen LogP contribution in [0.15, 0.2) is 66.9 Å². The van der Waals surface area contributed by atoms with Crippen molar-refractivity contribution in [2.45, 2.75) is 20.0 Å². The highest BCUT2D eigenvalue weighted by Gasteiger charge is 2.04. The summed E-state index contributed by atoms with van der Waals surface area (Å²) < 4.78 is 7.75. The molecule has 0 aliphatic heterocycles. The number of para-hydroxylation sites is 2. The summed E-state index contributed by atoms with van der Waals surface area (Å²) >= 11 is 0. The smallest absolute Gasteiger partial charge is 0.132 e. The number of rotatable bonds is 5. The molecule has 3 nitrogen and oxygen atoms in total. The first kappa shape index (κ1) is 13.4. The van der Waals surface area contributed by atoms with E-state index in [1.165, 1.54) is 5.56 Å². The van der Waals surface area contributed by atoms with E-state index < -0.39 is 0 Å². The Morgan fingerprint density at radius 1 is 0.952 bits per heavy atom. The lowest BCUT2D eigenvalue weighted by Gasteiger charge is -2.08. The van der Waals surface area contributed by atoms with Crippen molar-refractivity contribution in [1.29, 1.82) is 0 Å². The molecule has 0 atom stereocenters. The minimum Gasteiger partial charge on any atom is -0.487 e. The van der Waals surface area contributed by atoms with Crippen LogP contribution in [-0.2, 0) is 13.0 Å². The average Bonchev–Trinajstić information content (AvgIpc) is 3.03. The van der Waals surface area contributed by atoms with E-state index in [1.54, 1.807) is 0 Å². The van der Waals surface area contributed by atoms with Gasteiger partial charge in [-0.2, -0.15) is 5.10 Å². The summed E-state index contributed by atoms with van der Waals surface area (Å²) in [5.41, 5.74) is 3.20. The van der Waals surface area contributed by atoms with E-state index >= 15 is 0 Å². The Morgan fingerprint density at radius 3 is 2.52 bits per heavy atom. The van der Waals surface area contributed by atoms with Gasteiger partial charge in [0, 0.05) is 6.20 Å². The third kappa shape index (κ3) is 3.14. The van der Waals surface area contributed by atoms with Gasteiger partial charge in [-0.1, -0.05) is 43.3 Å². The normalized spacial score (nSPS) is 10.5. The van der Waals surface area contributed by atoms with E-state index in [1.807, 2.05) is 65.5 Å². The Balaban J connectivity index is 1.71. The van der Waals surface area contributed by atoms with E-state index in [2.05, 4.69) is 18.1 Å². The Morgan fingerprint density at radius 2 is 1.71 bits per heavy atom. The Labute approximate surface area is 124 Å². The number of benzene rings is 2. The molecule has 0 spiro atoms. The van der Waals surface area contributed by atoms with E-state index in [0.29, 0.717) is 6.61 Å². The fraction of sp³-hybridized carbons (Fsp3) is 0.167. The number of hydrogen-bond acceptors (Lipinski definition) is 2. The van der Waals surface area contributed by atoms with Gasteiger partial charge in [-0.05, 0) is 36.2 Å². The Hall–Kier alpha value is -2.55. The van der Waals surface area contributed by atoms with E-state index in [4.69, 9.17) is 4.74 Å². The largest absolute Gasteiger partial charge is 0.487 e. The molecule has 3 rings (SSSR count). The van der Waals surface area contributed by atoms with E-state index in [0.717, 1.165) is 23.6 Å². The fourth-order valence-electron chi connectivity index (χ4n) is 2.25. The van der Waals surface area contributed by atoms with Gasteiger partial charge in [0.25, 0.3) is 0 Å². The van der Waals surface area contributed by atoms with Gasteiger partial charge in [0.05, 0.1) is 5.69 Å². The van der Waals surface area contributed by atoms with Gasteiger partial charge in [-0.3, -0.25) is 0 Å². The van der Waals surface area contributed by atoms with Gasteiger partial charge in [-0.25, -0.2) is 4.68 Å². The lowest BCUT2D eigenvalue weighted by atomic mass is 10.1.